The molecule has 35 valence electrons. The Balaban J connectivity index is 2.99. The van der Waals surface area contributed by atoms with Crippen LogP contribution in [-0.2, 0) is 4.74 Å². The van der Waals surface area contributed by atoms with Crippen LogP contribution in [-0.4, -0.2) is 7.11 Å². The molecule has 0 N–H and O–H groups in total. The van der Waals surface area contributed by atoms with Crippen LogP contribution in [0.4, 0.5) is 0 Å². The van der Waals surface area contributed by atoms with Gasteiger partial charge >= 0.3 is 0 Å². The van der Waals surface area contributed by atoms with Gasteiger partial charge in [0.25, 0.3) is 0 Å². The maximum Gasteiger partial charge on any atom is 0.0953 e. The molecule has 1 radical (unpaired) electrons. The Bertz CT molecular complexity index is 41.9. The summed E-state index contributed by atoms with van der Waals surface area (Å²) in [7, 11) is 1.57. The zero-order valence-electron chi connectivity index (χ0n) is 4.19. The molecular weight excluding hydrogens is 76.1 g/mol. The number of rotatable bonds is 2. The highest BCUT2D eigenvalue weighted by atomic mass is 16.5. The minimum atomic E-state index is 0.593. The third-order valence-electron chi connectivity index (χ3n) is 0.611. The minimum absolute atomic E-state index is 0.593. The van der Waals surface area contributed by atoms with Gasteiger partial charge in [-0.05, 0) is 6.58 Å². The molecule has 0 aliphatic heterocycles. The van der Waals surface area contributed by atoms with E-state index in [9.17, 15) is 0 Å². The lowest BCUT2D eigenvalue weighted by molar-refractivity contribution is 0.281. The normalized spacial score (nSPS) is 7.67. The van der Waals surface area contributed by atoms with Crippen molar-refractivity contribution < 1.29 is 4.74 Å². The zero-order valence-corrected chi connectivity index (χ0v) is 4.19. The second-order valence-corrected chi connectivity index (χ2v) is 1.02. The van der Waals surface area contributed by atoms with Crippen LogP contribution >= 0.6 is 0 Å². The standard InChI is InChI=1S/C5H9O/c1-4-5(2)6-3/h2H,4H2,1,3H3. The van der Waals surface area contributed by atoms with Gasteiger partial charge in [0.1, 0.15) is 0 Å². The monoisotopic (exact) mass is 85.1 g/mol. The predicted molar refractivity (Wildman–Crippen MR) is 25.1 cm³/mol. The van der Waals surface area contributed by atoms with Crippen molar-refractivity contribution in [2.75, 3.05) is 7.11 Å². The van der Waals surface area contributed by atoms with Crippen molar-refractivity contribution in [3.8, 4) is 0 Å². The number of allylic oxidation sites excluding steroid dienone is 1. The predicted octanol–water partition coefficient (Wildman–Crippen LogP) is 1.36. The van der Waals surface area contributed by atoms with Crippen molar-refractivity contribution in [1.29, 1.82) is 0 Å². The van der Waals surface area contributed by atoms with E-state index in [0.29, 0.717) is 5.76 Å². The molecule has 0 atom stereocenters. The molecule has 1 nitrogen and oxygen atoms in total. The first-order valence-electron chi connectivity index (χ1n) is 1.96. The highest BCUT2D eigenvalue weighted by Gasteiger charge is 1.78. The van der Waals surface area contributed by atoms with Crippen LogP contribution < -0.4 is 0 Å². The number of hydrogen-bond donors (Lipinski definition) is 0. The van der Waals surface area contributed by atoms with E-state index in [2.05, 4.69) is 4.74 Å². The van der Waals surface area contributed by atoms with E-state index >= 15 is 0 Å². The summed E-state index contributed by atoms with van der Waals surface area (Å²) >= 11 is 0. The topological polar surface area (TPSA) is 9.23 Å². The molecule has 0 aliphatic rings. The number of methoxy groups -OCH3 is 1. The Morgan fingerprint density at radius 1 is 1.83 bits per heavy atom. The third kappa shape index (κ3) is 1.82. The van der Waals surface area contributed by atoms with Crippen molar-refractivity contribution in [2.45, 2.75) is 13.3 Å². The van der Waals surface area contributed by atoms with E-state index in [0.717, 1.165) is 6.42 Å². The fourth-order valence-corrected chi connectivity index (χ4v) is 0.144. The van der Waals surface area contributed by atoms with Gasteiger partial charge in [0.2, 0.25) is 0 Å². The molecule has 0 spiro atoms. The molecule has 0 aromatic rings. The summed E-state index contributed by atoms with van der Waals surface area (Å²) in [6.45, 7) is 7.11. The molecule has 0 saturated carbocycles. The van der Waals surface area contributed by atoms with Gasteiger partial charge in [-0.15, -0.1) is 0 Å². The summed E-state index contributed by atoms with van der Waals surface area (Å²) in [5.74, 6) is 0.593. The van der Waals surface area contributed by atoms with Gasteiger partial charge in [-0.2, -0.15) is 0 Å². The molecule has 0 aliphatic carbocycles. The fraction of sp³-hybridized carbons (Fsp3) is 0.600. The van der Waals surface area contributed by atoms with E-state index in [1.165, 1.54) is 0 Å². The molecule has 0 amide bonds. The molecule has 0 unspecified atom stereocenters. The van der Waals surface area contributed by atoms with Crippen molar-refractivity contribution in [2.24, 2.45) is 0 Å². The Hall–Kier alpha value is -0.460. The first kappa shape index (κ1) is 5.54. The van der Waals surface area contributed by atoms with Gasteiger partial charge < -0.3 is 4.74 Å². The zero-order chi connectivity index (χ0) is 4.99. The van der Waals surface area contributed by atoms with Crippen LogP contribution in [0, 0.1) is 6.58 Å². The molecule has 0 rings (SSSR count). The molecule has 6 heavy (non-hydrogen) atoms. The van der Waals surface area contributed by atoms with Gasteiger partial charge in [0.15, 0.2) is 0 Å². The van der Waals surface area contributed by atoms with Gasteiger partial charge in [-0.25, -0.2) is 0 Å². The Labute approximate surface area is 38.6 Å². The van der Waals surface area contributed by atoms with Crippen molar-refractivity contribution in [1.82, 2.24) is 0 Å². The molecule has 1 heteroatoms. The van der Waals surface area contributed by atoms with E-state index in [-0.39, 0.29) is 0 Å². The summed E-state index contributed by atoms with van der Waals surface area (Å²) in [5.41, 5.74) is 0. The summed E-state index contributed by atoms with van der Waals surface area (Å²) in [5, 5.41) is 0. The smallest absolute Gasteiger partial charge is 0.0953 e. The largest absolute Gasteiger partial charge is 0.501 e. The van der Waals surface area contributed by atoms with E-state index in [4.69, 9.17) is 6.58 Å². The molecule has 0 fully saturated rings. The first-order valence-corrected chi connectivity index (χ1v) is 1.96. The van der Waals surface area contributed by atoms with Crippen LogP contribution in [0.2, 0.25) is 0 Å². The third-order valence-corrected chi connectivity index (χ3v) is 0.611. The van der Waals surface area contributed by atoms with Gasteiger partial charge in [-0.3, -0.25) is 0 Å². The lowest BCUT2D eigenvalue weighted by Gasteiger charge is -1.94. The fourth-order valence-electron chi connectivity index (χ4n) is 0.144. The van der Waals surface area contributed by atoms with Crippen LogP contribution in [0.15, 0.2) is 5.76 Å². The van der Waals surface area contributed by atoms with Crippen LogP contribution in [0.1, 0.15) is 13.3 Å². The lowest BCUT2D eigenvalue weighted by Crippen LogP contribution is -1.77. The maximum absolute atomic E-state index is 5.17. The average Bonchev–Trinajstić information content (AvgIpc) is 1.65. The first-order chi connectivity index (χ1) is 2.81. The molecular formula is C5H9O. The molecule has 0 aromatic carbocycles. The molecule has 0 heterocycles. The van der Waals surface area contributed by atoms with Crippen molar-refractivity contribution in [3.63, 3.8) is 0 Å². The summed E-state index contributed by atoms with van der Waals surface area (Å²) in [6.07, 6.45) is 0.802. The molecule has 0 bridgehead atoms. The van der Waals surface area contributed by atoms with Gasteiger partial charge in [0.05, 0.1) is 12.9 Å². The lowest BCUT2D eigenvalue weighted by atomic mass is 10.4. The SMILES string of the molecule is [CH]=C(CC)OC. The second-order valence-electron chi connectivity index (χ2n) is 1.02. The summed E-state index contributed by atoms with van der Waals surface area (Å²) < 4.78 is 4.59. The van der Waals surface area contributed by atoms with Gasteiger partial charge in [-0.1, -0.05) is 6.92 Å². The summed E-state index contributed by atoms with van der Waals surface area (Å²) in [6, 6.07) is 0. The molecule has 0 aromatic heterocycles. The van der Waals surface area contributed by atoms with Gasteiger partial charge in [0, 0.05) is 6.42 Å². The minimum Gasteiger partial charge on any atom is -0.501 e. The Morgan fingerprint density at radius 3 is 2.33 bits per heavy atom. The van der Waals surface area contributed by atoms with Crippen molar-refractivity contribution in [3.05, 3.63) is 12.3 Å². The molecule has 0 saturated heterocycles. The highest BCUT2D eigenvalue weighted by Crippen LogP contribution is 1.92. The van der Waals surface area contributed by atoms with Crippen molar-refractivity contribution >= 4 is 0 Å². The van der Waals surface area contributed by atoms with Crippen LogP contribution in [0.25, 0.3) is 0 Å². The quantitative estimate of drug-likeness (QED) is 0.460. The highest BCUT2D eigenvalue weighted by molar-refractivity contribution is 4.73. The van der Waals surface area contributed by atoms with E-state index < -0.39 is 0 Å². The van der Waals surface area contributed by atoms with Crippen LogP contribution in [0.3, 0.4) is 0 Å². The number of hydrogen-bond acceptors (Lipinski definition) is 1. The second kappa shape index (κ2) is 2.76. The van der Waals surface area contributed by atoms with Crippen LogP contribution in [0.5, 0.6) is 0 Å². The summed E-state index contributed by atoms with van der Waals surface area (Å²) in [4.78, 5) is 0. The Kier molecular flexibility index (Phi) is 2.55. The number of ether oxygens (including phenoxy) is 1. The van der Waals surface area contributed by atoms with E-state index in [1.54, 1.807) is 7.11 Å². The van der Waals surface area contributed by atoms with E-state index in [1.807, 2.05) is 6.92 Å². The average molecular weight is 85.1 g/mol. The maximum atomic E-state index is 5.17. The Morgan fingerprint density at radius 2 is 2.33 bits per heavy atom.